The molecule has 0 aliphatic heterocycles. The number of anilines is 1. The molecule has 4 rings (SSSR count). The van der Waals surface area contributed by atoms with Crippen LogP contribution in [0.25, 0.3) is 11.4 Å². The number of rotatable bonds is 9. The first kappa shape index (κ1) is 22.7. The zero-order chi connectivity index (χ0) is 23.4. The van der Waals surface area contributed by atoms with Crippen LogP contribution in [0.15, 0.2) is 43.4 Å². The second-order valence-corrected chi connectivity index (χ2v) is 8.49. The Morgan fingerprint density at radius 1 is 1.27 bits per heavy atom. The summed E-state index contributed by atoms with van der Waals surface area (Å²) in [7, 11) is 0. The number of fused-ring (bicyclic) bond motifs is 1. The molecule has 1 aromatic carbocycles. The number of benzene rings is 1. The minimum atomic E-state index is 0.359. The Labute approximate surface area is 194 Å². The molecule has 2 aromatic heterocycles. The summed E-state index contributed by atoms with van der Waals surface area (Å²) in [5, 5.41) is 13.5. The number of nitriles is 1. The third-order valence-corrected chi connectivity index (χ3v) is 6.36. The quantitative estimate of drug-likeness (QED) is 0.344. The van der Waals surface area contributed by atoms with Gasteiger partial charge in [-0.3, -0.25) is 16.2 Å². The van der Waals surface area contributed by atoms with E-state index in [9.17, 15) is 0 Å². The summed E-state index contributed by atoms with van der Waals surface area (Å²) in [6, 6.07) is 8.18. The number of aromatic nitrogens is 3. The largest absolute Gasteiger partial charge is 0.398 e. The van der Waals surface area contributed by atoms with E-state index in [1.807, 2.05) is 18.5 Å². The van der Waals surface area contributed by atoms with Gasteiger partial charge >= 0.3 is 0 Å². The number of nitrogens with zero attached hydrogens (tertiary/aromatic N) is 5. The van der Waals surface area contributed by atoms with E-state index in [1.54, 1.807) is 10.7 Å². The van der Waals surface area contributed by atoms with E-state index < -0.39 is 0 Å². The number of pyridine rings is 1. The van der Waals surface area contributed by atoms with Crippen LogP contribution in [0.2, 0.25) is 0 Å². The number of hydrazine groups is 1. The van der Waals surface area contributed by atoms with Gasteiger partial charge in [-0.25, -0.2) is 9.67 Å². The van der Waals surface area contributed by atoms with E-state index in [-0.39, 0.29) is 0 Å². The average Bonchev–Trinajstić information content (AvgIpc) is 3.44. The van der Waals surface area contributed by atoms with Gasteiger partial charge in [-0.1, -0.05) is 18.7 Å². The van der Waals surface area contributed by atoms with Crippen molar-refractivity contribution in [1.82, 2.24) is 25.1 Å². The smallest absolute Gasteiger partial charge is 0.155 e. The van der Waals surface area contributed by atoms with Gasteiger partial charge in [0.1, 0.15) is 6.07 Å². The topological polar surface area (TPSA) is 122 Å². The lowest BCUT2D eigenvalue weighted by molar-refractivity contribution is 0.268. The Hall–Kier alpha value is -3.51. The molecule has 1 aliphatic carbocycles. The molecule has 170 valence electrons. The van der Waals surface area contributed by atoms with Crippen molar-refractivity contribution in [2.45, 2.75) is 32.7 Å². The molecular formula is C25H30N8. The monoisotopic (exact) mass is 442 g/mol. The molecule has 0 atom stereocenters. The number of hydrogen-bond donors (Lipinski definition) is 3. The van der Waals surface area contributed by atoms with Gasteiger partial charge in [0.25, 0.3) is 0 Å². The predicted octanol–water partition coefficient (Wildman–Crippen LogP) is 2.50. The summed E-state index contributed by atoms with van der Waals surface area (Å²) in [5.74, 6) is 6.14. The molecule has 0 spiro atoms. The van der Waals surface area contributed by atoms with Crippen LogP contribution >= 0.6 is 0 Å². The summed E-state index contributed by atoms with van der Waals surface area (Å²) in [6.07, 6.45) is 8.39. The van der Waals surface area contributed by atoms with Crippen LogP contribution in [0.3, 0.4) is 0 Å². The van der Waals surface area contributed by atoms with E-state index in [0.717, 1.165) is 44.5 Å². The van der Waals surface area contributed by atoms with Crippen molar-refractivity contribution in [2.24, 2.45) is 5.84 Å². The van der Waals surface area contributed by atoms with Gasteiger partial charge in [0.15, 0.2) is 5.82 Å². The number of nitrogens with two attached hydrogens (primary N) is 2. The highest BCUT2D eigenvalue weighted by Gasteiger charge is 2.18. The fraction of sp³-hybridized carbons (Fsp3) is 0.320. The zero-order valence-electron chi connectivity index (χ0n) is 19.0. The van der Waals surface area contributed by atoms with E-state index in [0.29, 0.717) is 23.6 Å². The van der Waals surface area contributed by atoms with Crippen molar-refractivity contribution < 1.29 is 0 Å². The number of allylic oxidation sites excluding steroid dienone is 1. The first-order valence-electron chi connectivity index (χ1n) is 11.1. The lowest BCUT2D eigenvalue weighted by Gasteiger charge is -2.22. The maximum atomic E-state index is 9.05. The number of nitrogen functional groups attached to an aromatic ring is 1. The van der Waals surface area contributed by atoms with Gasteiger partial charge in [-0.05, 0) is 54.0 Å². The number of nitrogens with one attached hydrogen (secondary N) is 1. The highest BCUT2D eigenvalue weighted by molar-refractivity contribution is 5.72. The lowest BCUT2D eigenvalue weighted by atomic mass is 9.96. The van der Waals surface area contributed by atoms with Crippen molar-refractivity contribution in [3.05, 3.63) is 76.7 Å². The molecule has 5 N–H and O–H groups in total. The average molecular weight is 443 g/mol. The molecule has 0 unspecified atom stereocenters. The van der Waals surface area contributed by atoms with Crippen LogP contribution in [-0.4, -0.2) is 39.3 Å². The number of hydrogen-bond acceptors (Lipinski definition) is 7. The Morgan fingerprint density at radius 2 is 2.12 bits per heavy atom. The summed E-state index contributed by atoms with van der Waals surface area (Å²) in [4.78, 5) is 6.66. The van der Waals surface area contributed by atoms with Crippen LogP contribution in [0.5, 0.6) is 0 Å². The Morgan fingerprint density at radius 3 is 2.88 bits per heavy atom. The standard InChI is InChI=1S/C25H30N8/c1-17-3-5-23-18(2)20(4-6-22(17)23)7-9-32(10-8-30-28)15-19-13-31-33(16-19)25-11-24(27)21(12-26)14-29-25/h4,6,11,13-14,16,30H,1,3,5,7-10,15,28H2,2H3,(H2,27,29). The Kier molecular flexibility index (Phi) is 6.84. The van der Waals surface area contributed by atoms with Crippen molar-refractivity contribution in [1.29, 1.82) is 5.26 Å². The molecule has 8 heteroatoms. The molecule has 1 aliphatic rings. The minimum Gasteiger partial charge on any atom is -0.398 e. The summed E-state index contributed by atoms with van der Waals surface area (Å²) in [5.41, 5.74) is 17.4. The molecule has 33 heavy (non-hydrogen) atoms. The van der Waals surface area contributed by atoms with Gasteiger partial charge < -0.3 is 5.73 Å². The molecule has 0 saturated heterocycles. The van der Waals surface area contributed by atoms with Gasteiger partial charge in [0, 0.05) is 50.2 Å². The molecule has 2 heterocycles. The molecule has 0 fully saturated rings. The molecule has 0 bridgehead atoms. The van der Waals surface area contributed by atoms with Crippen molar-refractivity contribution in [2.75, 3.05) is 25.4 Å². The van der Waals surface area contributed by atoms with Crippen LogP contribution < -0.4 is 17.0 Å². The first-order chi connectivity index (χ1) is 16.0. The zero-order valence-corrected chi connectivity index (χ0v) is 19.0. The fourth-order valence-electron chi connectivity index (χ4n) is 4.41. The Balaban J connectivity index is 1.45. The predicted molar refractivity (Wildman–Crippen MR) is 130 cm³/mol. The lowest BCUT2D eigenvalue weighted by Crippen LogP contribution is -2.35. The van der Waals surface area contributed by atoms with Crippen molar-refractivity contribution in [3.63, 3.8) is 0 Å². The van der Waals surface area contributed by atoms with Gasteiger partial charge in [-0.15, -0.1) is 0 Å². The van der Waals surface area contributed by atoms with E-state index in [2.05, 4.69) is 46.0 Å². The first-order valence-corrected chi connectivity index (χ1v) is 11.1. The Bertz CT molecular complexity index is 1200. The van der Waals surface area contributed by atoms with Crippen molar-refractivity contribution in [3.8, 4) is 11.9 Å². The van der Waals surface area contributed by atoms with Gasteiger partial charge in [0.2, 0.25) is 0 Å². The summed E-state index contributed by atoms with van der Waals surface area (Å²) < 4.78 is 1.68. The van der Waals surface area contributed by atoms with Crippen molar-refractivity contribution >= 4 is 11.3 Å². The second-order valence-electron chi connectivity index (χ2n) is 8.49. The van der Waals surface area contributed by atoms with Crippen LogP contribution in [0.4, 0.5) is 5.69 Å². The normalized spacial score (nSPS) is 12.8. The molecule has 8 nitrogen and oxygen atoms in total. The third-order valence-electron chi connectivity index (χ3n) is 6.36. The molecule has 0 amide bonds. The molecular weight excluding hydrogens is 412 g/mol. The second kappa shape index (κ2) is 9.96. The summed E-state index contributed by atoms with van der Waals surface area (Å²) >= 11 is 0. The van der Waals surface area contributed by atoms with Crippen LogP contribution in [0, 0.1) is 18.3 Å². The minimum absolute atomic E-state index is 0.359. The summed E-state index contributed by atoms with van der Waals surface area (Å²) in [6.45, 7) is 9.61. The van der Waals surface area contributed by atoms with E-state index >= 15 is 0 Å². The van der Waals surface area contributed by atoms with Gasteiger partial charge in [-0.2, -0.15) is 10.4 Å². The molecule has 3 aromatic rings. The van der Waals surface area contributed by atoms with Crippen LogP contribution in [-0.2, 0) is 19.4 Å². The fourth-order valence-corrected chi connectivity index (χ4v) is 4.41. The maximum Gasteiger partial charge on any atom is 0.155 e. The van der Waals surface area contributed by atoms with E-state index in [4.69, 9.17) is 16.8 Å². The SMILES string of the molecule is C=C1CCc2c1ccc(CCN(CCNN)Cc1cnn(-c3cc(N)c(C#N)cn3)c1)c2C. The third kappa shape index (κ3) is 4.96. The van der Waals surface area contributed by atoms with E-state index in [1.165, 1.54) is 34.0 Å². The highest BCUT2D eigenvalue weighted by Crippen LogP contribution is 2.34. The van der Waals surface area contributed by atoms with Gasteiger partial charge in [0.05, 0.1) is 17.4 Å². The van der Waals surface area contributed by atoms with Crippen LogP contribution in [0.1, 0.15) is 39.8 Å². The highest BCUT2D eigenvalue weighted by atomic mass is 15.3. The molecule has 0 saturated carbocycles. The maximum absolute atomic E-state index is 9.05. The molecule has 0 radical (unpaired) electrons.